The van der Waals surface area contributed by atoms with Crippen molar-refractivity contribution in [1.29, 1.82) is 0 Å². The van der Waals surface area contributed by atoms with Gasteiger partial charge in [0.05, 0.1) is 17.8 Å². The highest BCUT2D eigenvalue weighted by Gasteiger charge is 2.19. The molecule has 1 aliphatic carbocycles. The van der Waals surface area contributed by atoms with E-state index in [4.69, 9.17) is 4.74 Å². The number of carbonyl (C=O) groups is 1. The molecule has 1 aliphatic rings. The van der Waals surface area contributed by atoms with Gasteiger partial charge in [-0.3, -0.25) is 5.10 Å². The van der Waals surface area contributed by atoms with E-state index < -0.39 is 11.8 Å². The quantitative estimate of drug-likeness (QED) is 0.784. The fourth-order valence-electron chi connectivity index (χ4n) is 2.73. The Bertz CT molecular complexity index is 686. The number of H-pyrrole nitrogens is 1. The van der Waals surface area contributed by atoms with Gasteiger partial charge in [0.1, 0.15) is 23.7 Å². The van der Waals surface area contributed by atoms with Gasteiger partial charge in [-0.05, 0) is 44.7 Å². The summed E-state index contributed by atoms with van der Waals surface area (Å²) in [4.78, 5) is 16.1. The maximum atomic E-state index is 13.5. The summed E-state index contributed by atoms with van der Waals surface area (Å²) in [7, 11) is 0. The van der Waals surface area contributed by atoms with Gasteiger partial charge in [0.2, 0.25) is 0 Å². The van der Waals surface area contributed by atoms with Crippen molar-refractivity contribution in [2.45, 2.75) is 44.8 Å². The smallest absolute Gasteiger partial charge is 0.319 e. The average molecular weight is 333 g/mol. The highest BCUT2D eigenvalue weighted by atomic mass is 19.1. The molecule has 3 rings (SSSR count). The van der Waals surface area contributed by atoms with Crippen LogP contribution < -0.4 is 15.4 Å². The molecule has 1 aromatic carbocycles. The number of nitrogens with zero attached hydrogens (tertiary/aromatic N) is 2. The third kappa shape index (κ3) is 4.01. The molecule has 0 unspecified atom stereocenters. The van der Waals surface area contributed by atoms with Crippen LogP contribution in [0.25, 0.3) is 0 Å². The predicted molar refractivity (Wildman–Crippen MR) is 86.2 cm³/mol. The summed E-state index contributed by atoms with van der Waals surface area (Å²) >= 11 is 0. The largest absolute Gasteiger partial charge is 0.488 e. The summed E-state index contributed by atoms with van der Waals surface area (Å²) in [6, 6.07) is 3.32. The van der Waals surface area contributed by atoms with Gasteiger partial charge in [-0.25, -0.2) is 14.2 Å². The van der Waals surface area contributed by atoms with E-state index in [0.717, 1.165) is 25.7 Å². The highest BCUT2D eigenvalue weighted by Crippen LogP contribution is 2.30. The molecule has 2 amide bonds. The third-order valence-corrected chi connectivity index (χ3v) is 3.98. The number of anilines is 1. The van der Waals surface area contributed by atoms with E-state index in [0.29, 0.717) is 17.3 Å². The fraction of sp³-hybridized carbons (Fsp3) is 0.438. The number of ether oxygens (including phenoxy) is 1. The predicted octanol–water partition coefficient (Wildman–Crippen LogP) is 3.15. The molecule has 128 valence electrons. The Morgan fingerprint density at radius 3 is 2.92 bits per heavy atom. The first-order valence-electron chi connectivity index (χ1n) is 8.01. The van der Waals surface area contributed by atoms with Crippen LogP contribution in [0.1, 0.15) is 44.5 Å². The molecule has 1 fully saturated rings. The van der Waals surface area contributed by atoms with Crippen LogP contribution in [0, 0.1) is 5.82 Å². The van der Waals surface area contributed by atoms with Crippen molar-refractivity contribution in [3.05, 3.63) is 36.2 Å². The molecule has 0 radical (unpaired) electrons. The Balaban J connectivity index is 1.66. The lowest BCUT2D eigenvalue weighted by Crippen LogP contribution is -2.32. The molecule has 1 aromatic heterocycles. The van der Waals surface area contributed by atoms with Crippen LogP contribution in [0.4, 0.5) is 14.9 Å². The van der Waals surface area contributed by atoms with Gasteiger partial charge in [0, 0.05) is 6.07 Å². The summed E-state index contributed by atoms with van der Waals surface area (Å²) in [6.45, 7) is 1.78. The monoisotopic (exact) mass is 333 g/mol. The molecule has 1 heterocycles. The molecule has 24 heavy (non-hydrogen) atoms. The number of carbonyl (C=O) groups excluding carboxylic acids is 1. The zero-order chi connectivity index (χ0) is 16.9. The number of amides is 2. The van der Waals surface area contributed by atoms with E-state index in [1.165, 1.54) is 24.5 Å². The van der Waals surface area contributed by atoms with Gasteiger partial charge in [-0.2, -0.15) is 5.10 Å². The van der Waals surface area contributed by atoms with E-state index in [9.17, 15) is 9.18 Å². The van der Waals surface area contributed by atoms with Gasteiger partial charge in [0.15, 0.2) is 0 Å². The van der Waals surface area contributed by atoms with E-state index in [1.54, 1.807) is 6.92 Å². The first-order chi connectivity index (χ1) is 11.6. The highest BCUT2D eigenvalue weighted by molar-refractivity contribution is 5.91. The van der Waals surface area contributed by atoms with Crippen molar-refractivity contribution < 1.29 is 13.9 Å². The van der Waals surface area contributed by atoms with Gasteiger partial charge in [-0.1, -0.05) is 0 Å². The van der Waals surface area contributed by atoms with Crippen molar-refractivity contribution in [3.63, 3.8) is 0 Å². The molecule has 2 aromatic rings. The van der Waals surface area contributed by atoms with Gasteiger partial charge < -0.3 is 15.4 Å². The average Bonchev–Trinajstić information content (AvgIpc) is 3.23. The Hall–Kier alpha value is -2.64. The number of hydrogen-bond donors (Lipinski definition) is 3. The molecule has 1 atom stereocenters. The van der Waals surface area contributed by atoms with Crippen molar-refractivity contribution in [1.82, 2.24) is 20.5 Å². The Morgan fingerprint density at radius 2 is 2.21 bits per heavy atom. The molecular weight excluding hydrogens is 313 g/mol. The Morgan fingerprint density at radius 1 is 1.42 bits per heavy atom. The van der Waals surface area contributed by atoms with Crippen LogP contribution in [-0.4, -0.2) is 27.3 Å². The number of nitrogens with one attached hydrogen (secondary N) is 3. The molecule has 7 nitrogen and oxygen atoms in total. The van der Waals surface area contributed by atoms with E-state index in [-0.39, 0.29) is 12.1 Å². The number of halogens is 1. The molecular formula is C16H20FN5O2. The first-order valence-corrected chi connectivity index (χ1v) is 8.01. The number of urea groups is 1. The second kappa shape index (κ2) is 7.29. The van der Waals surface area contributed by atoms with Crippen LogP contribution in [0.15, 0.2) is 24.5 Å². The molecule has 1 saturated carbocycles. The summed E-state index contributed by atoms with van der Waals surface area (Å²) in [5.41, 5.74) is 0.436. The number of benzene rings is 1. The normalized spacial score (nSPS) is 15.9. The maximum Gasteiger partial charge on any atom is 0.319 e. The summed E-state index contributed by atoms with van der Waals surface area (Å²) in [6.07, 6.45) is 5.56. The molecule has 0 spiro atoms. The lowest BCUT2D eigenvalue weighted by molar-refractivity contribution is 0.210. The van der Waals surface area contributed by atoms with Gasteiger partial charge in [-0.15, -0.1) is 0 Å². The summed E-state index contributed by atoms with van der Waals surface area (Å²) in [5, 5.41) is 11.9. The lowest BCUT2D eigenvalue weighted by atomic mass is 10.2. The zero-order valence-corrected chi connectivity index (χ0v) is 13.4. The molecule has 0 bridgehead atoms. The van der Waals surface area contributed by atoms with Crippen LogP contribution in [0.5, 0.6) is 5.75 Å². The minimum absolute atomic E-state index is 0.0727. The third-order valence-electron chi connectivity index (χ3n) is 3.98. The topological polar surface area (TPSA) is 91.9 Å². The SMILES string of the molecule is C[C@@H](NC(=O)Nc1ccc(F)cc1OC1CCCC1)c1ncn[nH]1. The van der Waals surface area contributed by atoms with Crippen LogP contribution in [-0.2, 0) is 0 Å². The fourth-order valence-corrected chi connectivity index (χ4v) is 2.73. The molecule has 8 heteroatoms. The zero-order valence-electron chi connectivity index (χ0n) is 13.4. The minimum Gasteiger partial charge on any atom is -0.488 e. The number of aromatic nitrogens is 3. The van der Waals surface area contributed by atoms with Crippen LogP contribution in [0.2, 0.25) is 0 Å². The standard InChI is InChI=1S/C16H20FN5O2/c1-10(15-18-9-19-22-15)20-16(23)21-13-7-6-11(17)8-14(13)24-12-4-2-3-5-12/h6-10,12H,2-5H2,1H3,(H,18,19,22)(H2,20,21,23)/t10-/m1/s1. The Labute approximate surface area is 139 Å². The summed E-state index contributed by atoms with van der Waals surface area (Å²) < 4.78 is 19.4. The number of aromatic amines is 1. The van der Waals surface area contributed by atoms with Crippen molar-refractivity contribution >= 4 is 11.7 Å². The van der Waals surface area contributed by atoms with E-state index in [2.05, 4.69) is 25.8 Å². The van der Waals surface area contributed by atoms with E-state index in [1.807, 2.05) is 0 Å². The van der Waals surface area contributed by atoms with E-state index >= 15 is 0 Å². The maximum absolute atomic E-state index is 13.5. The molecule has 0 aliphatic heterocycles. The van der Waals surface area contributed by atoms with Gasteiger partial charge >= 0.3 is 6.03 Å². The molecule has 0 saturated heterocycles. The first kappa shape index (κ1) is 16.2. The van der Waals surface area contributed by atoms with Crippen LogP contribution in [0.3, 0.4) is 0 Å². The lowest BCUT2D eigenvalue weighted by Gasteiger charge is -2.18. The second-order valence-corrected chi connectivity index (χ2v) is 5.86. The van der Waals surface area contributed by atoms with Gasteiger partial charge in [0.25, 0.3) is 0 Å². The van der Waals surface area contributed by atoms with Crippen molar-refractivity contribution in [2.24, 2.45) is 0 Å². The number of hydrogen-bond acceptors (Lipinski definition) is 4. The minimum atomic E-state index is -0.429. The summed E-state index contributed by atoms with van der Waals surface area (Å²) in [5.74, 6) is 0.500. The number of rotatable bonds is 5. The second-order valence-electron chi connectivity index (χ2n) is 5.86. The van der Waals surface area contributed by atoms with Crippen molar-refractivity contribution in [3.8, 4) is 5.75 Å². The molecule has 3 N–H and O–H groups in total. The van der Waals surface area contributed by atoms with Crippen molar-refractivity contribution in [2.75, 3.05) is 5.32 Å². The van der Waals surface area contributed by atoms with Crippen LogP contribution >= 0.6 is 0 Å². The Kier molecular flexibility index (Phi) is 4.93.